The van der Waals surface area contributed by atoms with E-state index in [2.05, 4.69) is 4.99 Å². The van der Waals surface area contributed by atoms with Gasteiger partial charge in [-0.25, -0.2) is 9.79 Å². The predicted molar refractivity (Wildman–Crippen MR) is 160 cm³/mol. The van der Waals surface area contributed by atoms with Crippen molar-refractivity contribution in [3.63, 3.8) is 0 Å². The Kier molecular flexibility index (Phi) is 7.50. The number of carbonyl (C=O) groups excluding carboxylic acids is 1. The minimum absolute atomic E-state index is 0.131. The van der Waals surface area contributed by atoms with Crippen LogP contribution in [0.15, 0.2) is 98.3 Å². The summed E-state index contributed by atoms with van der Waals surface area (Å²) >= 11 is 1.11. The SMILES string of the molecule is CCOC(=O)C1=C(C)N=c2s/c(=C\c3ccc(-c4cccc(C(F)(F)F)c4)o3)c(=O)n2[C@@H]1c1c(OC)ccc2ccccc12. The number of thiazole rings is 1. The lowest BCUT2D eigenvalue weighted by Crippen LogP contribution is -2.40. The minimum atomic E-state index is -4.50. The number of rotatable bonds is 6. The molecule has 7 nitrogen and oxygen atoms in total. The van der Waals surface area contributed by atoms with Gasteiger partial charge in [-0.3, -0.25) is 9.36 Å². The van der Waals surface area contributed by atoms with Crippen molar-refractivity contribution in [2.75, 3.05) is 13.7 Å². The Bertz CT molecular complexity index is 2140. The second kappa shape index (κ2) is 11.3. The quantitative estimate of drug-likeness (QED) is 0.211. The number of esters is 1. The maximum Gasteiger partial charge on any atom is 0.416 e. The van der Waals surface area contributed by atoms with E-state index in [1.54, 1.807) is 32.0 Å². The third kappa shape index (κ3) is 5.13. The second-order valence-electron chi connectivity index (χ2n) is 9.99. The van der Waals surface area contributed by atoms with Gasteiger partial charge in [0.1, 0.15) is 23.3 Å². The van der Waals surface area contributed by atoms with Crippen LogP contribution in [0.25, 0.3) is 28.2 Å². The van der Waals surface area contributed by atoms with Crippen LogP contribution in [0.1, 0.15) is 36.8 Å². The van der Waals surface area contributed by atoms with Gasteiger partial charge < -0.3 is 13.9 Å². The standard InChI is InChI=1S/C33H25F3N2O5S/c1-4-42-31(40)27-18(2)37-32-38(29(27)28-23-11-6-5-8-19(23)12-14-25(28)41-3)30(39)26(44-32)17-22-13-15-24(43-22)20-9-7-10-21(16-20)33(34,35)36/h5-17,29H,4H2,1-3H3/b26-17-/t29-/m0/s1. The van der Waals surface area contributed by atoms with Gasteiger partial charge in [0, 0.05) is 17.2 Å². The average Bonchev–Trinajstić information content (AvgIpc) is 3.59. The number of ether oxygens (including phenoxy) is 2. The highest BCUT2D eigenvalue weighted by atomic mass is 32.1. The molecule has 11 heteroatoms. The molecule has 3 aromatic carbocycles. The third-order valence-corrected chi connectivity index (χ3v) is 8.30. The molecule has 0 bridgehead atoms. The number of nitrogens with zero attached hydrogens (tertiary/aromatic N) is 2. The summed E-state index contributed by atoms with van der Waals surface area (Å²) in [6.07, 6.45) is -2.98. The summed E-state index contributed by atoms with van der Waals surface area (Å²) in [5.41, 5.74) is 0.253. The fourth-order valence-electron chi connectivity index (χ4n) is 5.36. The molecule has 0 saturated heterocycles. The van der Waals surface area contributed by atoms with Crippen LogP contribution < -0.4 is 19.6 Å². The van der Waals surface area contributed by atoms with Crippen LogP contribution in [0.4, 0.5) is 13.2 Å². The summed E-state index contributed by atoms with van der Waals surface area (Å²) < 4.78 is 58.5. The van der Waals surface area contributed by atoms with Crippen molar-refractivity contribution in [2.24, 2.45) is 4.99 Å². The van der Waals surface area contributed by atoms with E-state index in [-0.39, 0.29) is 33.8 Å². The number of hydrogen-bond acceptors (Lipinski definition) is 7. The number of halogens is 3. The number of aromatic nitrogens is 1. The van der Waals surface area contributed by atoms with Gasteiger partial charge in [0.15, 0.2) is 4.80 Å². The summed E-state index contributed by atoms with van der Waals surface area (Å²) in [5, 5.41) is 1.68. The molecule has 224 valence electrons. The number of furan rings is 1. The van der Waals surface area contributed by atoms with E-state index in [4.69, 9.17) is 13.9 Å². The zero-order valence-electron chi connectivity index (χ0n) is 23.8. The highest BCUT2D eigenvalue weighted by molar-refractivity contribution is 7.07. The lowest BCUT2D eigenvalue weighted by molar-refractivity contribution is -0.139. The third-order valence-electron chi connectivity index (χ3n) is 7.32. The maximum absolute atomic E-state index is 14.1. The van der Waals surface area contributed by atoms with Gasteiger partial charge in [0.05, 0.1) is 35.1 Å². The van der Waals surface area contributed by atoms with E-state index in [0.717, 1.165) is 34.2 Å². The molecular weight excluding hydrogens is 593 g/mol. The number of methoxy groups -OCH3 is 1. The Hall–Kier alpha value is -4.90. The summed E-state index contributed by atoms with van der Waals surface area (Å²) in [6.45, 7) is 3.53. The summed E-state index contributed by atoms with van der Waals surface area (Å²) in [4.78, 5) is 32.5. The monoisotopic (exact) mass is 618 g/mol. The lowest BCUT2D eigenvalue weighted by atomic mass is 9.90. The van der Waals surface area contributed by atoms with Gasteiger partial charge in [-0.2, -0.15) is 13.2 Å². The number of fused-ring (bicyclic) bond motifs is 2. The lowest BCUT2D eigenvalue weighted by Gasteiger charge is -2.27. The Morgan fingerprint density at radius 1 is 1.09 bits per heavy atom. The smallest absolute Gasteiger partial charge is 0.416 e. The van der Waals surface area contributed by atoms with Crippen LogP contribution in [0, 0.1) is 0 Å². The largest absolute Gasteiger partial charge is 0.496 e. The van der Waals surface area contributed by atoms with Gasteiger partial charge in [0.2, 0.25) is 0 Å². The molecule has 0 unspecified atom stereocenters. The summed E-state index contributed by atoms with van der Waals surface area (Å²) in [5.74, 6) is 0.369. The summed E-state index contributed by atoms with van der Waals surface area (Å²) in [6, 6.07) is 18.3. The van der Waals surface area contributed by atoms with Crippen molar-refractivity contribution >= 4 is 34.2 Å². The maximum atomic E-state index is 14.1. The van der Waals surface area contributed by atoms with Gasteiger partial charge in [0.25, 0.3) is 5.56 Å². The topological polar surface area (TPSA) is 83.0 Å². The molecule has 0 saturated carbocycles. The zero-order chi connectivity index (χ0) is 31.2. The number of benzene rings is 3. The van der Waals surface area contributed by atoms with Crippen LogP contribution in [-0.4, -0.2) is 24.3 Å². The number of carbonyl (C=O) groups is 1. The molecule has 0 aliphatic carbocycles. The van der Waals surface area contributed by atoms with Crippen molar-refractivity contribution in [3.05, 3.63) is 121 Å². The van der Waals surface area contributed by atoms with Crippen molar-refractivity contribution in [1.29, 1.82) is 0 Å². The van der Waals surface area contributed by atoms with Gasteiger partial charge >= 0.3 is 12.1 Å². The second-order valence-corrected chi connectivity index (χ2v) is 11.0. The molecule has 1 atom stereocenters. The highest BCUT2D eigenvalue weighted by Crippen LogP contribution is 2.40. The fourth-order valence-corrected chi connectivity index (χ4v) is 6.39. The Labute approximate surface area is 252 Å². The highest BCUT2D eigenvalue weighted by Gasteiger charge is 2.36. The van der Waals surface area contributed by atoms with Crippen molar-refractivity contribution in [2.45, 2.75) is 26.1 Å². The van der Waals surface area contributed by atoms with Crippen molar-refractivity contribution in [1.82, 2.24) is 4.57 Å². The average molecular weight is 619 g/mol. The van der Waals surface area contributed by atoms with Gasteiger partial charge in [-0.05, 0) is 55.0 Å². The molecule has 3 heterocycles. The number of allylic oxidation sites excluding steroid dienone is 1. The normalized spacial score (nSPS) is 15.3. The molecular formula is C33H25F3N2O5S. The molecule has 1 aliphatic rings. The van der Waals surface area contributed by atoms with Crippen LogP contribution in [0.2, 0.25) is 0 Å². The first-order chi connectivity index (χ1) is 21.1. The van der Waals surface area contributed by atoms with E-state index < -0.39 is 29.3 Å². The van der Waals surface area contributed by atoms with Gasteiger partial charge in [-0.1, -0.05) is 53.8 Å². The number of hydrogen-bond donors (Lipinski definition) is 0. The zero-order valence-corrected chi connectivity index (χ0v) is 24.6. The Morgan fingerprint density at radius 3 is 2.64 bits per heavy atom. The Morgan fingerprint density at radius 2 is 1.89 bits per heavy atom. The molecule has 0 spiro atoms. The van der Waals surface area contributed by atoms with E-state index in [9.17, 15) is 22.8 Å². The van der Waals surface area contributed by atoms with Crippen molar-refractivity contribution < 1.29 is 31.9 Å². The van der Waals surface area contributed by atoms with Crippen LogP contribution in [0.5, 0.6) is 5.75 Å². The van der Waals surface area contributed by atoms with Crippen molar-refractivity contribution in [3.8, 4) is 17.1 Å². The van der Waals surface area contributed by atoms with Crippen LogP contribution in [0.3, 0.4) is 0 Å². The van der Waals surface area contributed by atoms with Crippen LogP contribution >= 0.6 is 11.3 Å². The molecule has 2 aromatic heterocycles. The van der Waals surface area contributed by atoms with E-state index in [1.807, 2.05) is 30.3 Å². The Balaban J connectivity index is 1.53. The van der Waals surface area contributed by atoms with E-state index in [0.29, 0.717) is 21.8 Å². The summed E-state index contributed by atoms with van der Waals surface area (Å²) in [7, 11) is 1.52. The first kappa shape index (κ1) is 29.2. The molecule has 44 heavy (non-hydrogen) atoms. The molecule has 0 radical (unpaired) electrons. The molecule has 0 N–H and O–H groups in total. The molecule has 0 fully saturated rings. The molecule has 6 rings (SSSR count). The molecule has 0 amide bonds. The first-order valence-corrected chi connectivity index (χ1v) is 14.4. The molecule has 5 aromatic rings. The predicted octanol–water partition coefficient (Wildman–Crippen LogP) is 6.24. The van der Waals surface area contributed by atoms with Gasteiger partial charge in [-0.15, -0.1) is 0 Å². The van der Waals surface area contributed by atoms with Crippen LogP contribution in [-0.2, 0) is 15.7 Å². The van der Waals surface area contributed by atoms with E-state index >= 15 is 0 Å². The fraction of sp³-hybridized carbons (Fsp3) is 0.182. The minimum Gasteiger partial charge on any atom is -0.496 e. The first-order valence-electron chi connectivity index (χ1n) is 13.6. The van der Waals surface area contributed by atoms with E-state index in [1.165, 1.54) is 29.9 Å². The molecule has 1 aliphatic heterocycles. The number of alkyl halides is 3.